The third-order valence-corrected chi connectivity index (χ3v) is 14.3. The van der Waals surface area contributed by atoms with Crippen LogP contribution < -0.4 is 0 Å². The molecule has 0 saturated heterocycles. The maximum atomic E-state index is 5.32. The summed E-state index contributed by atoms with van der Waals surface area (Å²) < 4.78 is 5.18. The summed E-state index contributed by atoms with van der Waals surface area (Å²) >= 11 is 1.90. The van der Waals surface area contributed by atoms with Gasteiger partial charge in [-0.05, 0) is 92.9 Å². The molecule has 0 saturated carbocycles. The van der Waals surface area contributed by atoms with Gasteiger partial charge in [0.15, 0.2) is 5.84 Å². The fourth-order valence-electron chi connectivity index (χ4n) is 10.1. The lowest BCUT2D eigenvalue weighted by atomic mass is 9.93. The van der Waals surface area contributed by atoms with Gasteiger partial charge in [-0.3, -0.25) is 0 Å². The summed E-state index contributed by atoms with van der Waals surface area (Å²) in [4.78, 5) is 10.5. The third-order valence-electron chi connectivity index (χ3n) is 13.1. The summed E-state index contributed by atoms with van der Waals surface area (Å²) in [5, 5.41) is 5.20. The lowest BCUT2D eigenvalue weighted by Gasteiger charge is -2.16. The molecule has 11 aromatic rings. The summed E-state index contributed by atoms with van der Waals surface area (Å²) in [6.07, 6.45) is 3.80. The van der Waals surface area contributed by atoms with Gasteiger partial charge >= 0.3 is 0 Å². The quantitative estimate of drug-likeness (QED) is 0.160. The minimum Gasteiger partial charge on any atom is -0.309 e. The summed E-state index contributed by atoms with van der Waals surface area (Å²) in [6.45, 7) is 0. The molecule has 0 spiro atoms. The minimum atomic E-state index is 0.676. The molecule has 4 heteroatoms. The smallest absolute Gasteiger partial charge is 0.160 e. The molecule has 0 unspecified atom stereocenters. The zero-order valence-corrected chi connectivity index (χ0v) is 35.7. The fourth-order valence-corrected chi connectivity index (χ4v) is 11.3. The fraction of sp³-hybridized carbons (Fsp3) is 0.0333. The van der Waals surface area contributed by atoms with Gasteiger partial charge in [0.2, 0.25) is 0 Å². The molecule has 1 aliphatic heterocycles. The molecule has 300 valence electrons. The number of rotatable bonds is 6. The van der Waals surface area contributed by atoms with Crippen molar-refractivity contribution in [2.75, 3.05) is 0 Å². The average molecular weight is 834 g/mol. The van der Waals surface area contributed by atoms with Gasteiger partial charge in [0, 0.05) is 54.2 Å². The van der Waals surface area contributed by atoms with Gasteiger partial charge < -0.3 is 4.57 Å². The number of hydrogen-bond acceptors (Lipinski definition) is 3. The molecule has 2 aliphatic rings. The van der Waals surface area contributed by atoms with Crippen molar-refractivity contribution in [2.45, 2.75) is 12.8 Å². The number of aromatic nitrogens is 1. The van der Waals surface area contributed by atoms with Crippen LogP contribution >= 0.6 is 11.3 Å². The van der Waals surface area contributed by atoms with E-state index in [1.54, 1.807) is 0 Å². The largest absolute Gasteiger partial charge is 0.309 e. The topological polar surface area (TPSA) is 29.6 Å². The van der Waals surface area contributed by atoms with Gasteiger partial charge in [-0.1, -0.05) is 176 Å². The van der Waals surface area contributed by atoms with E-state index in [0.29, 0.717) is 6.42 Å². The normalized spacial score (nSPS) is 13.5. The standard InChI is InChI=1S/C60H39N3S/c1-4-15-38(16-5-1)41-27-28-49-56(35-41)63(55-32-29-48-47-25-12-13-26-57(47)64-59(48)58(49)55)45-36-50(51-34-43-21-10-11-24-46(43)52(51)37-45)42-22-14-23-44(33-42)54-31-30-53(39-17-6-2-7-18-39)61-60(62-54)40-19-8-3-9-20-40/h1-29,31-33,35-37H,30,34H2. The Morgan fingerprint density at radius 1 is 0.438 bits per heavy atom. The molecule has 64 heavy (non-hydrogen) atoms. The monoisotopic (exact) mass is 833 g/mol. The molecule has 13 rings (SSSR count). The van der Waals surface area contributed by atoms with Crippen LogP contribution in [-0.4, -0.2) is 16.1 Å². The van der Waals surface area contributed by atoms with E-state index in [4.69, 9.17) is 9.98 Å². The Hall–Kier alpha value is -7.92. The molecule has 9 aromatic carbocycles. The SMILES string of the molecule is C1=C(c2cccc(-c3cc(-n4c5cc(-c6ccccc6)ccc5c5c6sc7ccccc7c6ccc54)cc4c3Cc3ccccc3-4)c2)N=C(c2ccccc2)N=C(c2ccccc2)C1. The molecule has 0 N–H and O–H groups in total. The Kier molecular flexibility index (Phi) is 8.53. The molecule has 0 amide bonds. The molecule has 0 radical (unpaired) electrons. The highest BCUT2D eigenvalue weighted by Crippen LogP contribution is 2.47. The van der Waals surface area contributed by atoms with E-state index in [0.717, 1.165) is 46.0 Å². The first-order chi connectivity index (χ1) is 31.7. The Morgan fingerprint density at radius 2 is 1.12 bits per heavy atom. The van der Waals surface area contributed by atoms with Crippen LogP contribution in [0.15, 0.2) is 222 Å². The maximum absolute atomic E-state index is 5.32. The molecule has 0 atom stereocenters. The Bertz CT molecular complexity index is 3760. The first-order valence-corrected chi connectivity index (χ1v) is 22.8. The zero-order chi connectivity index (χ0) is 42.1. The number of benzene rings is 9. The van der Waals surface area contributed by atoms with Gasteiger partial charge in [-0.25, -0.2) is 9.98 Å². The molecular weight excluding hydrogens is 795 g/mol. The Morgan fingerprint density at radius 3 is 1.97 bits per heavy atom. The Labute approximate surface area is 375 Å². The first-order valence-electron chi connectivity index (χ1n) is 22.0. The maximum Gasteiger partial charge on any atom is 0.160 e. The predicted molar refractivity (Wildman–Crippen MR) is 271 cm³/mol. The highest BCUT2D eigenvalue weighted by molar-refractivity contribution is 7.26. The lowest BCUT2D eigenvalue weighted by molar-refractivity contribution is 1.17. The zero-order valence-electron chi connectivity index (χ0n) is 34.9. The summed E-state index contributed by atoms with van der Waals surface area (Å²) in [5.41, 5.74) is 18.8. The second kappa shape index (κ2) is 14.9. The molecule has 0 fully saturated rings. The molecule has 1 aliphatic carbocycles. The van der Waals surface area contributed by atoms with Gasteiger partial charge in [-0.2, -0.15) is 0 Å². The number of amidine groups is 1. The van der Waals surface area contributed by atoms with Gasteiger partial charge in [-0.15, -0.1) is 11.3 Å². The van der Waals surface area contributed by atoms with Crippen molar-refractivity contribution in [1.29, 1.82) is 0 Å². The van der Waals surface area contributed by atoms with Crippen molar-refractivity contribution in [3.63, 3.8) is 0 Å². The number of aliphatic imine (C=N–C) groups is 2. The number of nitrogens with zero attached hydrogens (tertiary/aromatic N) is 3. The van der Waals surface area contributed by atoms with Crippen LogP contribution in [0.2, 0.25) is 0 Å². The third kappa shape index (κ3) is 6.02. The van der Waals surface area contributed by atoms with Gasteiger partial charge in [0.05, 0.1) is 22.4 Å². The highest BCUT2D eigenvalue weighted by atomic mass is 32.1. The van der Waals surface area contributed by atoms with Crippen LogP contribution in [0, 0.1) is 0 Å². The van der Waals surface area contributed by atoms with Crippen LogP contribution in [0.1, 0.15) is 34.2 Å². The summed E-state index contributed by atoms with van der Waals surface area (Å²) in [6, 6.07) is 75.0. The average Bonchev–Trinajstić information content (AvgIpc) is 3.98. The Balaban J connectivity index is 1.03. The number of fused-ring (bicyclic) bond motifs is 10. The van der Waals surface area contributed by atoms with Crippen molar-refractivity contribution in [1.82, 2.24) is 4.57 Å². The van der Waals surface area contributed by atoms with Crippen molar-refractivity contribution in [2.24, 2.45) is 9.98 Å². The van der Waals surface area contributed by atoms with Crippen molar-refractivity contribution in [3.8, 4) is 39.1 Å². The highest BCUT2D eigenvalue weighted by Gasteiger charge is 2.26. The van der Waals surface area contributed by atoms with Crippen LogP contribution in [0.3, 0.4) is 0 Å². The van der Waals surface area contributed by atoms with Gasteiger partial charge in [0.1, 0.15) is 0 Å². The number of thiophene rings is 1. The van der Waals surface area contributed by atoms with Crippen LogP contribution in [0.4, 0.5) is 0 Å². The van der Waals surface area contributed by atoms with E-state index in [1.807, 2.05) is 17.4 Å². The summed E-state index contributed by atoms with van der Waals surface area (Å²) in [5.74, 6) is 0.723. The molecule has 3 heterocycles. The van der Waals surface area contributed by atoms with E-state index in [9.17, 15) is 0 Å². The first kappa shape index (κ1) is 36.7. The van der Waals surface area contributed by atoms with Crippen LogP contribution in [-0.2, 0) is 6.42 Å². The second-order valence-corrected chi connectivity index (χ2v) is 17.9. The minimum absolute atomic E-state index is 0.676. The second-order valence-electron chi connectivity index (χ2n) is 16.8. The number of allylic oxidation sites excluding steroid dienone is 1. The predicted octanol–water partition coefficient (Wildman–Crippen LogP) is 15.7. The molecule has 0 bridgehead atoms. The van der Waals surface area contributed by atoms with E-state index in [1.165, 1.54) is 86.5 Å². The van der Waals surface area contributed by atoms with Crippen LogP contribution in [0.25, 0.3) is 86.7 Å². The van der Waals surface area contributed by atoms with E-state index in [-0.39, 0.29) is 0 Å². The molecule has 3 nitrogen and oxygen atoms in total. The molecule has 2 aromatic heterocycles. The lowest BCUT2D eigenvalue weighted by Crippen LogP contribution is -2.04. The van der Waals surface area contributed by atoms with Crippen molar-refractivity contribution >= 4 is 70.6 Å². The van der Waals surface area contributed by atoms with Gasteiger partial charge in [0.25, 0.3) is 0 Å². The van der Waals surface area contributed by atoms with E-state index < -0.39 is 0 Å². The van der Waals surface area contributed by atoms with E-state index >= 15 is 0 Å². The van der Waals surface area contributed by atoms with E-state index in [2.05, 4.69) is 211 Å². The van der Waals surface area contributed by atoms with Crippen molar-refractivity contribution < 1.29 is 0 Å². The summed E-state index contributed by atoms with van der Waals surface area (Å²) in [7, 11) is 0. The van der Waals surface area contributed by atoms with Crippen molar-refractivity contribution in [3.05, 3.63) is 240 Å². The molecular formula is C60H39N3S. The number of hydrogen-bond donors (Lipinski definition) is 0. The van der Waals surface area contributed by atoms with Crippen LogP contribution in [0.5, 0.6) is 0 Å².